The van der Waals surface area contributed by atoms with Crippen LogP contribution in [0.15, 0.2) is 11.6 Å². The molecule has 1 heterocycles. The summed E-state index contributed by atoms with van der Waals surface area (Å²) in [4.78, 5) is 2.47. The van der Waals surface area contributed by atoms with E-state index in [1.54, 1.807) is 5.57 Å². The second-order valence-electron chi connectivity index (χ2n) is 5.99. The third kappa shape index (κ3) is 4.18. The zero-order chi connectivity index (χ0) is 12.8. The van der Waals surface area contributed by atoms with Crippen LogP contribution in [0.25, 0.3) is 0 Å². The van der Waals surface area contributed by atoms with Gasteiger partial charge in [0.1, 0.15) is 0 Å². The molecule has 2 fully saturated rings. The lowest BCUT2D eigenvalue weighted by molar-refractivity contribution is 0.350. The molecule has 1 heteroatoms. The Morgan fingerprint density at radius 1 is 1.11 bits per heavy atom. The summed E-state index contributed by atoms with van der Waals surface area (Å²) in [5.41, 5.74) is 1.73. The van der Waals surface area contributed by atoms with Gasteiger partial charge in [0, 0.05) is 12.5 Å². The predicted molar refractivity (Wildman–Crippen MR) is 78.3 cm³/mol. The lowest BCUT2D eigenvalue weighted by Crippen LogP contribution is -2.18. The topological polar surface area (TPSA) is 3.24 Å². The summed E-state index contributed by atoms with van der Waals surface area (Å²) in [7, 11) is 2.25. The Bertz CT molecular complexity index is 336. The molecular weight excluding hydrogens is 218 g/mol. The van der Waals surface area contributed by atoms with Crippen LogP contribution in [0.2, 0.25) is 0 Å². The van der Waals surface area contributed by atoms with Crippen LogP contribution < -0.4 is 0 Å². The minimum Gasteiger partial charge on any atom is -0.306 e. The summed E-state index contributed by atoms with van der Waals surface area (Å²) in [6.07, 6.45) is 11.9. The highest BCUT2D eigenvalue weighted by Crippen LogP contribution is 2.31. The molecule has 2 rings (SSSR count). The first kappa shape index (κ1) is 13.7. The standard InChI is InChI=1S/C17H27N/c1-3-5-15-7-9-17(10-8-15)14-16-6-4-12-18(2)13-11-16/h14-15,17H,4,6-13H2,1-2H3/b16-14-. The monoisotopic (exact) mass is 245 g/mol. The molecule has 0 aromatic carbocycles. The van der Waals surface area contributed by atoms with Crippen molar-refractivity contribution in [1.29, 1.82) is 0 Å². The Balaban J connectivity index is 1.83. The van der Waals surface area contributed by atoms with Gasteiger partial charge in [-0.2, -0.15) is 0 Å². The summed E-state index contributed by atoms with van der Waals surface area (Å²) >= 11 is 0. The Hall–Kier alpha value is -0.740. The van der Waals surface area contributed by atoms with E-state index in [9.17, 15) is 0 Å². The molecule has 1 saturated heterocycles. The lowest BCUT2D eigenvalue weighted by Gasteiger charge is -2.24. The van der Waals surface area contributed by atoms with Crippen molar-refractivity contribution in [3.8, 4) is 11.8 Å². The molecule has 1 aliphatic carbocycles. The van der Waals surface area contributed by atoms with E-state index in [0.717, 1.165) is 5.92 Å². The van der Waals surface area contributed by atoms with Gasteiger partial charge >= 0.3 is 0 Å². The van der Waals surface area contributed by atoms with Crippen molar-refractivity contribution in [1.82, 2.24) is 4.90 Å². The average Bonchev–Trinajstić information content (AvgIpc) is 2.57. The van der Waals surface area contributed by atoms with E-state index in [4.69, 9.17) is 0 Å². The van der Waals surface area contributed by atoms with Crippen LogP contribution in [-0.2, 0) is 0 Å². The van der Waals surface area contributed by atoms with Gasteiger partial charge in [-0.05, 0) is 71.4 Å². The molecule has 18 heavy (non-hydrogen) atoms. The molecule has 0 N–H and O–H groups in total. The predicted octanol–water partition coefficient (Wildman–Crippen LogP) is 3.86. The zero-order valence-electron chi connectivity index (χ0n) is 12.0. The summed E-state index contributed by atoms with van der Waals surface area (Å²) in [6, 6.07) is 0. The quantitative estimate of drug-likeness (QED) is 0.501. The van der Waals surface area contributed by atoms with E-state index >= 15 is 0 Å². The maximum Gasteiger partial charge on any atom is 0.0203 e. The Labute approximate surface area is 113 Å². The van der Waals surface area contributed by atoms with Crippen LogP contribution in [0.5, 0.6) is 0 Å². The van der Waals surface area contributed by atoms with Crippen molar-refractivity contribution in [3.05, 3.63) is 11.6 Å². The molecule has 0 aromatic heterocycles. The summed E-state index contributed by atoms with van der Waals surface area (Å²) in [5, 5.41) is 0. The molecule has 0 unspecified atom stereocenters. The molecular formula is C17H27N. The molecule has 0 bridgehead atoms. The van der Waals surface area contributed by atoms with Crippen molar-refractivity contribution in [2.24, 2.45) is 11.8 Å². The van der Waals surface area contributed by atoms with Crippen molar-refractivity contribution in [2.45, 2.75) is 51.9 Å². The fraction of sp³-hybridized carbons (Fsp3) is 0.765. The van der Waals surface area contributed by atoms with Gasteiger partial charge in [0.15, 0.2) is 0 Å². The average molecular weight is 245 g/mol. The molecule has 2 aliphatic rings. The van der Waals surface area contributed by atoms with Gasteiger partial charge in [-0.15, -0.1) is 11.8 Å². The molecule has 0 aromatic rings. The van der Waals surface area contributed by atoms with Crippen LogP contribution in [0.4, 0.5) is 0 Å². The normalized spacial score (nSPS) is 32.7. The highest BCUT2D eigenvalue weighted by Gasteiger charge is 2.19. The van der Waals surface area contributed by atoms with Crippen molar-refractivity contribution < 1.29 is 0 Å². The van der Waals surface area contributed by atoms with Gasteiger partial charge in [0.05, 0.1) is 0 Å². The Kier molecular flexibility index (Phi) is 5.32. The molecule has 0 spiro atoms. The van der Waals surface area contributed by atoms with E-state index in [1.165, 1.54) is 58.0 Å². The van der Waals surface area contributed by atoms with Gasteiger partial charge in [-0.1, -0.05) is 11.6 Å². The number of nitrogens with zero attached hydrogens (tertiary/aromatic N) is 1. The maximum atomic E-state index is 3.35. The minimum absolute atomic E-state index is 0.685. The van der Waals surface area contributed by atoms with Gasteiger partial charge in [0.2, 0.25) is 0 Å². The van der Waals surface area contributed by atoms with Crippen LogP contribution in [0.1, 0.15) is 51.9 Å². The van der Waals surface area contributed by atoms with Crippen molar-refractivity contribution in [3.63, 3.8) is 0 Å². The highest BCUT2D eigenvalue weighted by atomic mass is 15.1. The second-order valence-corrected chi connectivity index (χ2v) is 5.99. The number of rotatable bonds is 1. The highest BCUT2D eigenvalue weighted by molar-refractivity contribution is 5.09. The van der Waals surface area contributed by atoms with Gasteiger partial charge in [0.25, 0.3) is 0 Å². The summed E-state index contributed by atoms with van der Waals surface area (Å²) < 4.78 is 0. The summed E-state index contributed by atoms with van der Waals surface area (Å²) in [6.45, 7) is 4.49. The van der Waals surface area contributed by atoms with Gasteiger partial charge in [-0.25, -0.2) is 0 Å². The van der Waals surface area contributed by atoms with E-state index in [1.807, 2.05) is 6.92 Å². The molecule has 1 saturated carbocycles. The first-order valence-corrected chi connectivity index (χ1v) is 7.58. The number of hydrogen-bond donors (Lipinski definition) is 0. The lowest BCUT2D eigenvalue weighted by atomic mass is 9.81. The van der Waals surface area contributed by atoms with Crippen LogP contribution >= 0.6 is 0 Å². The van der Waals surface area contributed by atoms with Gasteiger partial charge < -0.3 is 4.90 Å². The van der Waals surface area contributed by atoms with Gasteiger partial charge in [-0.3, -0.25) is 0 Å². The molecule has 0 atom stereocenters. The molecule has 100 valence electrons. The van der Waals surface area contributed by atoms with Crippen molar-refractivity contribution in [2.75, 3.05) is 20.1 Å². The first-order valence-electron chi connectivity index (χ1n) is 7.58. The molecule has 0 radical (unpaired) electrons. The Morgan fingerprint density at radius 3 is 2.61 bits per heavy atom. The van der Waals surface area contributed by atoms with Crippen molar-refractivity contribution >= 4 is 0 Å². The SMILES string of the molecule is CC#CC1CCC(/C=C2/CCCN(C)CC2)CC1. The number of hydrogen-bond acceptors (Lipinski definition) is 1. The van der Waals surface area contributed by atoms with E-state index in [2.05, 4.69) is 29.9 Å². The molecule has 1 nitrogen and oxygen atoms in total. The van der Waals surface area contributed by atoms with Crippen LogP contribution in [-0.4, -0.2) is 25.0 Å². The maximum absolute atomic E-state index is 3.35. The third-order valence-electron chi connectivity index (χ3n) is 4.44. The largest absolute Gasteiger partial charge is 0.306 e. The fourth-order valence-electron chi connectivity index (χ4n) is 3.28. The fourth-order valence-corrected chi connectivity index (χ4v) is 3.28. The van der Waals surface area contributed by atoms with Crippen LogP contribution in [0.3, 0.4) is 0 Å². The van der Waals surface area contributed by atoms with E-state index in [0.29, 0.717) is 5.92 Å². The molecule has 0 amide bonds. The number of likely N-dealkylation sites (tertiary alicyclic amines) is 1. The zero-order valence-corrected chi connectivity index (χ0v) is 12.0. The first-order chi connectivity index (χ1) is 8.78. The van der Waals surface area contributed by atoms with E-state index in [-0.39, 0.29) is 0 Å². The summed E-state index contributed by atoms with van der Waals surface area (Å²) in [5.74, 6) is 7.95. The Morgan fingerprint density at radius 2 is 1.89 bits per heavy atom. The third-order valence-corrected chi connectivity index (χ3v) is 4.44. The van der Waals surface area contributed by atoms with Crippen LogP contribution in [0, 0.1) is 23.7 Å². The minimum atomic E-state index is 0.685. The number of allylic oxidation sites excluding steroid dienone is 1. The second kappa shape index (κ2) is 7.00. The molecule has 1 aliphatic heterocycles. The van der Waals surface area contributed by atoms with E-state index < -0.39 is 0 Å². The smallest absolute Gasteiger partial charge is 0.0203 e.